The summed E-state index contributed by atoms with van der Waals surface area (Å²) in [5.74, 6) is -0.531. The number of rotatable bonds is 6. The molecule has 0 aliphatic heterocycles. The molecule has 0 atom stereocenters. The average Bonchev–Trinajstić information content (AvgIpc) is 3.30. The van der Waals surface area contributed by atoms with E-state index >= 15 is 0 Å². The predicted octanol–water partition coefficient (Wildman–Crippen LogP) is 5.70. The fourth-order valence-corrected chi connectivity index (χ4v) is 4.63. The number of nitrogens with one attached hydrogen (secondary N) is 1. The zero-order valence-corrected chi connectivity index (χ0v) is 20.8. The van der Waals surface area contributed by atoms with Crippen LogP contribution in [0.4, 0.5) is 10.1 Å². The van der Waals surface area contributed by atoms with Crippen LogP contribution in [0.1, 0.15) is 22.6 Å². The normalized spacial score (nSPS) is 11.2. The zero-order chi connectivity index (χ0) is 25.4. The second-order valence-electron chi connectivity index (χ2n) is 8.69. The van der Waals surface area contributed by atoms with Crippen molar-refractivity contribution in [2.45, 2.75) is 33.9 Å². The van der Waals surface area contributed by atoms with E-state index in [1.165, 1.54) is 12.1 Å². The van der Waals surface area contributed by atoms with E-state index in [1.54, 1.807) is 23.0 Å². The lowest BCUT2D eigenvalue weighted by Gasteiger charge is -2.08. The average molecular weight is 503 g/mol. The van der Waals surface area contributed by atoms with Gasteiger partial charge in [0.05, 0.1) is 29.3 Å². The van der Waals surface area contributed by atoms with E-state index in [4.69, 9.17) is 11.6 Å². The van der Waals surface area contributed by atoms with Crippen molar-refractivity contribution in [3.63, 3.8) is 0 Å². The molecule has 1 amide bonds. The first-order valence-electron chi connectivity index (χ1n) is 11.5. The Morgan fingerprint density at radius 3 is 2.50 bits per heavy atom. The maximum Gasteiger partial charge on any atom is 0.246 e. The van der Waals surface area contributed by atoms with Crippen molar-refractivity contribution in [2.24, 2.45) is 0 Å². The van der Waals surface area contributed by atoms with E-state index in [-0.39, 0.29) is 18.3 Å². The second-order valence-corrected chi connectivity index (χ2v) is 9.13. The van der Waals surface area contributed by atoms with Crippen LogP contribution in [0.3, 0.4) is 0 Å². The first kappa shape index (κ1) is 23.7. The van der Waals surface area contributed by atoms with Gasteiger partial charge in [-0.15, -0.1) is 0 Å². The molecule has 1 N–H and O–H groups in total. The monoisotopic (exact) mass is 502 g/mol. The third-order valence-corrected chi connectivity index (χ3v) is 6.36. The van der Waals surface area contributed by atoms with Crippen LogP contribution in [0.2, 0.25) is 5.02 Å². The fraction of sp³-hybridized carbons (Fsp3) is 0.185. The zero-order valence-electron chi connectivity index (χ0n) is 20.1. The Morgan fingerprint density at radius 1 is 1.00 bits per heavy atom. The summed E-state index contributed by atoms with van der Waals surface area (Å²) in [4.78, 5) is 17.5. The highest BCUT2D eigenvalue weighted by atomic mass is 35.5. The Kier molecular flexibility index (Phi) is 6.28. The Balaban J connectivity index is 1.39. The third-order valence-electron chi connectivity index (χ3n) is 6.12. The van der Waals surface area contributed by atoms with Gasteiger partial charge >= 0.3 is 0 Å². The van der Waals surface area contributed by atoms with Crippen LogP contribution < -0.4 is 5.32 Å². The van der Waals surface area contributed by atoms with Crippen molar-refractivity contribution in [2.75, 3.05) is 5.32 Å². The van der Waals surface area contributed by atoms with Gasteiger partial charge in [0, 0.05) is 16.6 Å². The van der Waals surface area contributed by atoms with Crippen molar-refractivity contribution in [3.8, 4) is 11.1 Å². The highest BCUT2D eigenvalue weighted by Crippen LogP contribution is 2.30. The van der Waals surface area contributed by atoms with Crippen molar-refractivity contribution in [1.82, 2.24) is 24.5 Å². The number of amides is 1. The molecule has 0 saturated heterocycles. The molecule has 9 heteroatoms. The SMILES string of the molecule is Cc1nn(Cc2cccc(Cl)c2)c(C)c1NC(=O)Cn1nc(C)c2c(-c3ccc(F)cc3)ccnc21. The van der Waals surface area contributed by atoms with Gasteiger partial charge in [0.15, 0.2) is 5.65 Å². The number of carbonyl (C=O) groups is 1. The first-order chi connectivity index (χ1) is 17.3. The molecule has 0 bridgehead atoms. The molecule has 5 aromatic rings. The van der Waals surface area contributed by atoms with Gasteiger partial charge < -0.3 is 5.32 Å². The summed E-state index contributed by atoms with van der Waals surface area (Å²) in [7, 11) is 0. The molecule has 2 aromatic carbocycles. The third kappa shape index (κ3) is 4.59. The van der Waals surface area contributed by atoms with Crippen LogP contribution in [0.25, 0.3) is 22.2 Å². The summed E-state index contributed by atoms with van der Waals surface area (Å²) in [5.41, 5.74) is 6.34. The maximum absolute atomic E-state index is 13.4. The minimum atomic E-state index is -0.297. The molecule has 0 radical (unpaired) electrons. The number of fused-ring (bicyclic) bond motifs is 1. The lowest BCUT2D eigenvalue weighted by atomic mass is 10.0. The molecule has 0 aliphatic rings. The van der Waals surface area contributed by atoms with Crippen LogP contribution in [-0.4, -0.2) is 30.5 Å². The largest absolute Gasteiger partial charge is 0.321 e. The van der Waals surface area contributed by atoms with E-state index in [2.05, 4.69) is 20.5 Å². The molecule has 0 aliphatic carbocycles. The predicted molar refractivity (Wildman–Crippen MR) is 139 cm³/mol. The van der Waals surface area contributed by atoms with Gasteiger partial charge in [0.1, 0.15) is 12.4 Å². The summed E-state index contributed by atoms with van der Waals surface area (Å²) in [6.45, 7) is 6.19. The van der Waals surface area contributed by atoms with Crippen molar-refractivity contribution < 1.29 is 9.18 Å². The number of benzene rings is 2. The number of aromatic nitrogens is 5. The highest BCUT2D eigenvalue weighted by Gasteiger charge is 2.18. The van der Waals surface area contributed by atoms with Crippen molar-refractivity contribution in [1.29, 1.82) is 0 Å². The van der Waals surface area contributed by atoms with Crippen LogP contribution >= 0.6 is 11.6 Å². The summed E-state index contributed by atoms with van der Waals surface area (Å²) >= 11 is 6.11. The quantitative estimate of drug-likeness (QED) is 0.323. The molecule has 3 heterocycles. The van der Waals surface area contributed by atoms with E-state index in [9.17, 15) is 9.18 Å². The number of pyridine rings is 1. The summed E-state index contributed by atoms with van der Waals surface area (Å²) < 4.78 is 16.9. The topological polar surface area (TPSA) is 77.6 Å². The van der Waals surface area contributed by atoms with Gasteiger partial charge in [0.25, 0.3) is 0 Å². The standard InChI is InChI=1S/C27H24ClFN6O/c1-16-25-23(20-7-9-22(29)10-8-20)11-12-30-27(25)35(32-16)15-24(36)31-26-17(2)33-34(18(26)3)14-19-5-4-6-21(28)13-19/h4-13H,14-15H2,1-3H3,(H,31,36). The van der Waals surface area contributed by atoms with Crippen LogP contribution in [-0.2, 0) is 17.9 Å². The summed E-state index contributed by atoms with van der Waals surface area (Å²) in [6, 6.07) is 15.8. The van der Waals surface area contributed by atoms with Gasteiger partial charge in [-0.1, -0.05) is 35.9 Å². The minimum Gasteiger partial charge on any atom is -0.321 e. The second kappa shape index (κ2) is 9.54. The number of carbonyl (C=O) groups excluding carboxylic acids is 1. The van der Waals surface area contributed by atoms with Gasteiger partial charge in [-0.05, 0) is 67.8 Å². The molecule has 36 heavy (non-hydrogen) atoms. The number of anilines is 1. The molecule has 0 fully saturated rings. The number of halogens is 2. The molecule has 5 rings (SSSR count). The summed E-state index contributed by atoms with van der Waals surface area (Å²) in [6.07, 6.45) is 1.67. The van der Waals surface area contributed by atoms with Crippen LogP contribution in [0, 0.1) is 26.6 Å². The molecule has 0 spiro atoms. The van der Waals surface area contributed by atoms with Gasteiger partial charge in [0.2, 0.25) is 5.91 Å². The van der Waals surface area contributed by atoms with E-state index in [0.717, 1.165) is 39.2 Å². The number of hydrogen-bond acceptors (Lipinski definition) is 4. The smallest absolute Gasteiger partial charge is 0.246 e. The Bertz CT molecular complexity index is 1590. The van der Waals surface area contributed by atoms with Gasteiger partial charge in [-0.25, -0.2) is 14.1 Å². The fourth-order valence-electron chi connectivity index (χ4n) is 4.42. The van der Waals surface area contributed by atoms with Crippen LogP contribution in [0.5, 0.6) is 0 Å². The molecule has 7 nitrogen and oxygen atoms in total. The lowest BCUT2D eigenvalue weighted by molar-refractivity contribution is -0.116. The van der Waals surface area contributed by atoms with Crippen LogP contribution in [0.15, 0.2) is 60.8 Å². The molecule has 3 aromatic heterocycles. The Labute approximate surface area is 212 Å². The Hall–Kier alpha value is -4.04. The highest BCUT2D eigenvalue weighted by molar-refractivity contribution is 6.30. The van der Waals surface area contributed by atoms with E-state index in [0.29, 0.717) is 22.9 Å². The van der Waals surface area contributed by atoms with Crippen molar-refractivity contribution >= 4 is 34.2 Å². The number of hydrogen-bond donors (Lipinski definition) is 1. The molecular formula is C27H24ClFN6O. The van der Waals surface area contributed by atoms with Gasteiger partial charge in [-0.3, -0.25) is 9.48 Å². The van der Waals surface area contributed by atoms with Gasteiger partial charge in [-0.2, -0.15) is 10.2 Å². The molecular weight excluding hydrogens is 479 g/mol. The molecule has 182 valence electrons. The van der Waals surface area contributed by atoms with E-state index in [1.807, 2.05) is 55.8 Å². The minimum absolute atomic E-state index is 0.0113. The summed E-state index contributed by atoms with van der Waals surface area (Å²) in [5, 5.41) is 13.7. The van der Waals surface area contributed by atoms with Crippen molar-refractivity contribution in [3.05, 3.63) is 94.3 Å². The van der Waals surface area contributed by atoms with E-state index < -0.39 is 0 Å². The molecule has 0 saturated carbocycles. The number of nitrogens with zero attached hydrogens (tertiary/aromatic N) is 5. The molecule has 0 unspecified atom stereocenters. The Morgan fingerprint density at radius 2 is 1.75 bits per heavy atom. The lowest BCUT2D eigenvalue weighted by Crippen LogP contribution is -2.20. The first-order valence-corrected chi connectivity index (χ1v) is 11.8. The number of aryl methyl sites for hydroxylation is 2. The maximum atomic E-state index is 13.4.